The highest BCUT2D eigenvalue weighted by Gasteiger charge is 2.60. The molecule has 0 aromatic rings. The van der Waals surface area contributed by atoms with Crippen LogP contribution in [0.25, 0.3) is 0 Å². The van der Waals surface area contributed by atoms with Crippen molar-refractivity contribution in [2.24, 2.45) is 0 Å². The molecule has 3 nitrogen and oxygen atoms in total. The van der Waals surface area contributed by atoms with E-state index in [4.69, 9.17) is 0 Å². The summed E-state index contributed by atoms with van der Waals surface area (Å²) in [5.74, 6) is -1.11. The van der Waals surface area contributed by atoms with Crippen LogP contribution in [0.5, 0.6) is 0 Å². The second-order valence-electron chi connectivity index (χ2n) is 4.10. The molecule has 2 rings (SSSR count). The molecule has 0 amide bonds. The number of halogens is 6. The van der Waals surface area contributed by atoms with E-state index in [1.165, 1.54) is 6.92 Å². The van der Waals surface area contributed by atoms with Crippen LogP contribution in [-0.4, -0.2) is 37.1 Å². The molecule has 9 heteroatoms. The lowest BCUT2D eigenvalue weighted by Gasteiger charge is -2.20. The van der Waals surface area contributed by atoms with Gasteiger partial charge in [0, 0.05) is 0 Å². The predicted octanol–water partition coefficient (Wildman–Crippen LogP) is 2.68. The first-order valence-electron chi connectivity index (χ1n) is 5.50. The van der Waals surface area contributed by atoms with Crippen molar-refractivity contribution in [2.45, 2.75) is 31.5 Å². The van der Waals surface area contributed by atoms with Gasteiger partial charge < -0.3 is 9.47 Å². The molecule has 2 bridgehead atoms. The first-order chi connectivity index (χ1) is 9.07. The van der Waals surface area contributed by atoms with Crippen LogP contribution in [0.1, 0.15) is 6.92 Å². The molecular formula is C11H8F6O3. The Morgan fingerprint density at radius 3 is 2.20 bits per heavy atom. The minimum absolute atomic E-state index is 0.106. The number of fused-ring (bicyclic) bond motifs is 2. The van der Waals surface area contributed by atoms with Gasteiger partial charge in [-0.3, -0.25) is 0 Å². The molecule has 2 aliphatic heterocycles. The van der Waals surface area contributed by atoms with E-state index in [0.717, 1.165) is 6.08 Å². The van der Waals surface area contributed by atoms with E-state index in [2.05, 4.69) is 9.47 Å². The van der Waals surface area contributed by atoms with Crippen molar-refractivity contribution in [3.63, 3.8) is 0 Å². The second-order valence-corrected chi connectivity index (χ2v) is 4.10. The number of esters is 1. The lowest BCUT2D eigenvalue weighted by atomic mass is 9.90. The van der Waals surface area contributed by atoms with Crippen molar-refractivity contribution in [1.29, 1.82) is 0 Å². The lowest BCUT2D eigenvalue weighted by Crippen LogP contribution is -2.31. The monoisotopic (exact) mass is 302 g/mol. The molecule has 112 valence electrons. The molecule has 0 fully saturated rings. The summed E-state index contributed by atoms with van der Waals surface area (Å²) in [5.41, 5.74) is -4.22. The van der Waals surface area contributed by atoms with Crippen molar-refractivity contribution in [2.75, 3.05) is 6.61 Å². The molecule has 0 saturated heterocycles. The molecule has 20 heavy (non-hydrogen) atoms. The Morgan fingerprint density at radius 1 is 1.20 bits per heavy atom. The number of hydrogen-bond acceptors (Lipinski definition) is 3. The van der Waals surface area contributed by atoms with Crippen molar-refractivity contribution in [1.82, 2.24) is 0 Å². The molecule has 0 radical (unpaired) electrons. The maximum atomic E-state index is 12.8. The van der Waals surface area contributed by atoms with E-state index in [1.807, 2.05) is 0 Å². The highest BCUT2D eigenvalue weighted by molar-refractivity contribution is 5.92. The quantitative estimate of drug-likeness (QED) is 0.447. The van der Waals surface area contributed by atoms with Crippen molar-refractivity contribution in [3.8, 4) is 0 Å². The minimum Gasteiger partial charge on any atom is -0.463 e. The van der Waals surface area contributed by atoms with Crippen LogP contribution in [-0.2, 0) is 14.3 Å². The molecule has 0 saturated carbocycles. The summed E-state index contributed by atoms with van der Waals surface area (Å²) in [6.07, 6.45) is -13.7. The molecule has 0 aromatic carbocycles. The summed E-state index contributed by atoms with van der Waals surface area (Å²) in [5, 5.41) is 0. The summed E-state index contributed by atoms with van der Waals surface area (Å²) >= 11 is 0. The van der Waals surface area contributed by atoms with Gasteiger partial charge in [0.15, 0.2) is 0 Å². The zero-order chi connectivity index (χ0) is 15.3. The smallest absolute Gasteiger partial charge is 0.415 e. The van der Waals surface area contributed by atoms with Crippen LogP contribution in [0.15, 0.2) is 22.8 Å². The Morgan fingerprint density at radius 2 is 1.75 bits per heavy atom. The minimum atomic E-state index is -5.24. The van der Waals surface area contributed by atoms with Gasteiger partial charge in [0.2, 0.25) is 0 Å². The van der Waals surface area contributed by atoms with Gasteiger partial charge >= 0.3 is 18.3 Å². The number of rotatable bonds is 2. The molecule has 2 unspecified atom stereocenters. The summed E-state index contributed by atoms with van der Waals surface area (Å²) < 4.78 is 85.6. The molecule has 0 aromatic heterocycles. The van der Waals surface area contributed by atoms with Gasteiger partial charge in [0.25, 0.3) is 0 Å². The normalized spacial score (nSPS) is 26.1. The fraction of sp³-hybridized carbons (Fsp3) is 0.545. The van der Waals surface area contributed by atoms with Gasteiger partial charge in [0.1, 0.15) is 12.2 Å². The number of alkyl halides is 6. The summed E-state index contributed by atoms with van der Waals surface area (Å²) in [7, 11) is 0. The average Bonchev–Trinajstić information content (AvgIpc) is 2.83. The first kappa shape index (κ1) is 14.9. The van der Waals surface area contributed by atoms with Crippen LogP contribution in [0.2, 0.25) is 0 Å². The molecule has 2 atom stereocenters. The fourth-order valence-corrected chi connectivity index (χ4v) is 2.18. The Kier molecular flexibility index (Phi) is 3.35. The highest BCUT2D eigenvalue weighted by atomic mass is 19.4. The summed E-state index contributed by atoms with van der Waals surface area (Å²) in [4.78, 5) is 11.4. The zero-order valence-electron chi connectivity index (χ0n) is 9.93. The topological polar surface area (TPSA) is 35.5 Å². The van der Waals surface area contributed by atoms with Crippen LogP contribution in [0, 0.1) is 0 Å². The Labute approximate surface area is 108 Å². The van der Waals surface area contributed by atoms with Crippen LogP contribution >= 0.6 is 0 Å². The summed E-state index contributed by atoms with van der Waals surface area (Å²) in [6.45, 7) is 1.32. The van der Waals surface area contributed by atoms with Crippen molar-refractivity contribution >= 4 is 5.97 Å². The first-order valence-corrected chi connectivity index (χ1v) is 5.50. The van der Waals surface area contributed by atoms with Crippen LogP contribution < -0.4 is 0 Å². The maximum absolute atomic E-state index is 12.8. The van der Waals surface area contributed by atoms with Gasteiger partial charge in [-0.05, 0) is 13.0 Å². The molecule has 0 N–H and O–H groups in total. The largest absolute Gasteiger partial charge is 0.463 e. The second kappa shape index (κ2) is 4.51. The molecule has 0 aliphatic carbocycles. The lowest BCUT2D eigenvalue weighted by molar-refractivity contribution is -0.140. The van der Waals surface area contributed by atoms with E-state index >= 15 is 0 Å². The predicted molar refractivity (Wildman–Crippen MR) is 52.5 cm³/mol. The summed E-state index contributed by atoms with van der Waals surface area (Å²) in [6, 6.07) is 0. The van der Waals surface area contributed by atoms with Crippen molar-refractivity contribution in [3.05, 3.63) is 22.8 Å². The van der Waals surface area contributed by atoms with Crippen LogP contribution in [0.4, 0.5) is 26.3 Å². The third-order valence-corrected chi connectivity index (χ3v) is 2.85. The van der Waals surface area contributed by atoms with E-state index in [-0.39, 0.29) is 6.61 Å². The highest BCUT2D eigenvalue weighted by Crippen LogP contribution is 2.51. The van der Waals surface area contributed by atoms with Crippen LogP contribution in [0.3, 0.4) is 0 Å². The number of carbonyl (C=O) groups is 1. The zero-order valence-corrected chi connectivity index (χ0v) is 9.93. The van der Waals surface area contributed by atoms with Gasteiger partial charge in [-0.15, -0.1) is 0 Å². The standard InChI is InChI=1S/C11H8F6O3/c1-2-19-9(18)4-3-5-6(10(12,13)14)7(8(4)20-5)11(15,16)17/h3,5,8H,2H2,1H3. The third-order valence-electron chi connectivity index (χ3n) is 2.85. The number of carbonyl (C=O) groups excluding carboxylic acids is 1. The Balaban J connectivity index is 2.43. The molecule has 2 aliphatic rings. The van der Waals surface area contributed by atoms with E-state index in [9.17, 15) is 31.1 Å². The molecule has 0 spiro atoms. The maximum Gasteiger partial charge on any atom is 0.415 e. The number of hydrogen-bond donors (Lipinski definition) is 0. The van der Waals surface area contributed by atoms with Gasteiger partial charge in [-0.2, -0.15) is 26.3 Å². The van der Waals surface area contributed by atoms with E-state index in [1.54, 1.807) is 0 Å². The van der Waals surface area contributed by atoms with Gasteiger partial charge in [-0.1, -0.05) is 0 Å². The van der Waals surface area contributed by atoms with Gasteiger partial charge in [0.05, 0.1) is 23.3 Å². The number of ether oxygens (including phenoxy) is 2. The molecule has 2 heterocycles. The third kappa shape index (κ3) is 2.30. The van der Waals surface area contributed by atoms with Crippen molar-refractivity contribution < 1.29 is 40.6 Å². The van der Waals surface area contributed by atoms with E-state index < -0.39 is 47.2 Å². The SMILES string of the molecule is CCOC(=O)C1=CC2OC1C(C(F)(F)F)=C2C(F)(F)F. The Hall–Kier alpha value is -1.51. The fourth-order valence-electron chi connectivity index (χ4n) is 2.18. The molecular weight excluding hydrogens is 294 g/mol. The Bertz CT molecular complexity index is 499. The van der Waals surface area contributed by atoms with Gasteiger partial charge in [-0.25, -0.2) is 4.79 Å². The average molecular weight is 302 g/mol. The van der Waals surface area contributed by atoms with E-state index in [0.29, 0.717) is 0 Å².